The van der Waals surface area contributed by atoms with Gasteiger partial charge in [0.1, 0.15) is 6.04 Å². The fourth-order valence-electron chi connectivity index (χ4n) is 2.41. The summed E-state index contributed by atoms with van der Waals surface area (Å²) < 4.78 is 0. The van der Waals surface area contributed by atoms with Gasteiger partial charge in [0.15, 0.2) is 0 Å². The SMILES string of the molecule is CC(N)C(=O)O.CCCCCCCCCCCCC/C=C/C(O)C(N)CO. The molecule has 6 nitrogen and oxygen atoms in total. The number of nitrogens with two attached hydrogens (primary N) is 2. The zero-order chi connectivity index (χ0) is 20.9. The van der Waals surface area contributed by atoms with Crippen LogP contribution in [0.25, 0.3) is 0 Å². The summed E-state index contributed by atoms with van der Waals surface area (Å²) in [6.07, 6.45) is 18.8. The predicted octanol–water partition coefficient (Wildman–Crippen LogP) is 3.34. The molecule has 0 saturated carbocycles. The van der Waals surface area contributed by atoms with Gasteiger partial charge in [-0.25, -0.2) is 0 Å². The van der Waals surface area contributed by atoms with E-state index in [0.29, 0.717) is 0 Å². The molecule has 0 rings (SSSR count). The summed E-state index contributed by atoms with van der Waals surface area (Å²) in [5.74, 6) is -0.963. The molecule has 0 saturated heterocycles. The lowest BCUT2D eigenvalue weighted by Gasteiger charge is -2.11. The number of aliphatic hydroxyl groups excluding tert-OH is 2. The fraction of sp³-hybridized carbons (Fsp3) is 0.857. The monoisotopic (exact) mass is 388 g/mol. The number of carboxylic acid groups (broad SMARTS) is 1. The molecule has 27 heavy (non-hydrogen) atoms. The Morgan fingerprint density at radius 1 is 0.926 bits per heavy atom. The molecule has 0 aliphatic carbocycles. The largest absolute Gasteiger partial charge is 0.480 e. The number of rotatable bonds is 16. The Kier molecular flexibility index (Phi) is 22.3. The molecule has 0 radical (unpaired) electrons. The minimum atomic E-state index is -0.963. The second-order valence-corrected chi connectivity index (χ2v) is 7.22. The Hall–Kier alpha value is -0.950. The molecule has 0 aromatic rings. The Balaban J connectivity index is 0. The van der Waals surface area contributed by atoms with Crippen molar-refractivity contribution in [3.63, 3.8) is 0 Å². The van der Waals surface area contributed by atoms with E-state index in [4.69, 9.17) is 21.7 Å². The van der Waals surface area contributed by atoms with Gasteiger partial charge in [-0.1, -0.05) is 83.3 Å². The molecule has 0 spiro atoms. The predicted molar refractivity (Wildman–Crippen MR) is 113 cm³/mol. The van der Waals surface area contributed by atoms with Crippen LogP contribution in [0.15, 0.2) is 12.2 Å². The Morgan fingerprint density at radius 3 is 1.70 bits per heavy atom. The highest BCUT2D eigenvalue weighted by Gasteiger charge is 2.08. The lowest BCUT2D eigenvalue weighted by Crippen LogP contribution is -2.36. The quantitative estimate of drug-likeness (QED) is 0.204. The van der Waals surface area contributed by atoms with E-state index in [1.54, 1.807) is 6.08 Å². The van der Waals surface area contributed by atoms with E-state index in [2.05, 4.69) is 6.92 Å². The molecule has 0 fully saturated rings. The molecule has 162 valence electrons. The van der Waals surface area contributed by atoms with Gasteiger partial charge in [-0.15, -0.1) is 0 Å². The number of hydrogen-bond donors (Lipinski definition) is 5. The second kappa shape index (κ2) is 21.4. The van der Waals surface area contributed by atoms with E-state index >= 15 is 0 Å². The maximum atomic E-state index is 9.57. The van der Waals surface area contributed by atoms with Crippen molar-refractivity contribution in [1.82, 2.24) is 0 Å². The van der Waals surface area contributed by atoms with Crippen LogP contribution in [-0.2, 0) is 4.79 Å². The third-order valence-corrected chi connectivity index (χ3v) is 4.35. The van der Waals surface area contributed by atoms with E-state index in [0.717, 1.165) is 6.42 Å². The number of aliphatic hydroxyl groups is 2. The molecule has 0 aliphatic heterocycles. The first kappa shape index (κ1) is 28.3. The Morgan fingerprint density at radius 2 is 1.33 bits per heavy atom. The molecule has 3 unspecified atom stereocenters. The molecule has 0 heterocycles. The summed E-state index contributed by atoms with van der Waals surface area (Å²) in [5.41, 5.74) is 10.3. The minimum absolute atomic E-state index is 0.177. The van der Waals surface area contributed by atoms with Gasteiger partial charge in [-0.05, 0) is 19.8 Å². The van der Waals surface area contributed by atoms with Gasteiger partial charge in [-0.2, -0.15) is 0 Å². The first-order valence-corrected chi connectivity index (χ1v) is 10.6. The van der Waals surface area contributed by atoms with Gasteiger partial charge in [0.25, 0.3) is 0 Å². The Labute approximate surface area is 166 Å². The van der Waals surface area contributed by atoms with Crippen LogP contribution in [0.4, 0.5) is 0 Å². The first-order valence-electron chi connectivity index (χ1n) is 10.6. The highest BCUT2D eigenvalue weighted by molar-refractivity contribution is 5.72. The molecule has 3 atom stereocenters. The van der Waals surface area contributed by atoms with Crippen molar-refractivity contribution in [3.05, 3.63) is 12.2 Å². The second-order valence-electron chi connectivity index (χ2n) is 7.22. The summed E-state index contributed by atoms with van der Waals surface area (Å²) in [6, 6.07) is -1.29. The molecular formula is C21H44N2O4. The topological polar surface area (TPSA) is 130 Å². The molecule has 0 aromatic heterocycles. The molecule has 6 heteroatoms. The van der Waals surface area contributed by atoms with Crippen molar-refractivity contribution in [2.24, 2.45) is 11.5 Å². The number of aliphatic carboxylic acids is 1. The van der Waals surface area contributed by atoms with Gasteiger partial charge in [0, 0.05) is 0 Å². The summed E-state index contributed by atoms with van der Waals surface area (Å²) >= 11 is 0. The molecule has 0 aliphatic rings. The van der Waals surface area contributed by atoms with Crippen molar-refractivity contribution in [2.75, 3.05) is 6.61 Å². The number of hydrogen-bond acceptors (Lipinski definition) is 5. The zero-order valence-electron chi connectivity index (χ0n) is 17.5. The normalized spacial score (nSPS) is 14.4. The van der Waals surface area contributed by atoms with Crippen molar-refractivity contribution < 1.29 is 20.1 Å². The van der Waals surface area contributed by atoms with Gasteiger partial charge >= 0.3 is 5.97 Å². The van der Waals surface area contributed by atoms with Crippen LogP contribution in [-0.4, -0.2) is 46.1 Å². The van der Waals surface area contributed by atoms with E-state index in [9.17, 15) is 9.90 Å². The van der Waals surface area contributed by atoms with Crippen LogP contribution in [0.2, 0.25) is 0 Å². The van der Waals surface area contributed by atoms with E-state index in [1.165, 1.54) is 77.6 Å². The maximum absolute atomic E-state index is 9.57. The summed E-state index contributed by atoms with van der Waals surface area (Å²) in [6.45, 7) is 3.50. The average Bonchev–Trinajstić information content (AvgIpc) is 2.65. The molecule has 0 aromatic carbocycles. The summed E-state index contributed by atoms with van der Waals surface area (Å²) in [7, 11) is 0. The number of unbranched alkanes of at least 4 members (excludes halogenated alkanes) is 11. The third kappa shape index (κ3) is 23.0. The third-order valence-electron chi connectivity index (χ3n) is 4.35. The first-order chi connectivity index (χ1) is 12.9. The highest BCUT2D eigenvalue weighted by Crippen LogP contribution is 2.12. The number of allylic oxidation sites excluding steroid dienone is 1. The minimum Gasteiger partial charge on any atom is -0.480 e. The van der Waals surface area contributed by atoms with E-state index in [-0.39, 0.29) is 6.61 Å². The maximum Gasteiger partial charge on any atom is 0.320 e. The van der Waals surface area contributed by atoms with E-state index < -0.39 is 24.2 Å². The zero-order valence-corrected chi connectivity index (χ0v) is 17.5. The van der Waals surface area contributed by atoms with Crippen LogP contribution in [0.3, 0.4) is 0 Å². The van der Waals surface area contributed by atoms with Crippen molar-refractivity contribution >= 4 is 5.97 Å². The van der Waals surface area contributed by atoms with E-state index in [1.807, 2.05) is 6.08 Å². The molecule has 7 N–H and O–H groups in total. The van der Waals surface area contributed by atoms with Gasteiger partial charge in [0.2, 0.25) is 0 Å². The number of carbonyl (C=O) groups is 1. The van der Waals surface area contributed by atoms with Crippen molar-refractivity contribution in [1.29, 1.82) is 0 Å². The number of carboxylic acids is 1. The van der Waals surface area contributed by atoms with Crippen molar-refractivity contribution in [3.8, 4) is 0 Å². The Bertz CT molecular complexity index is 349. The smallest absolute Gasteiger partial charge is 0.320 e. The van der Waals surface area contributed by atoms with Crippen molar-refractivity contribution in [2.45, 2.75) is 109 Å². The lowest BCUT2D eigenvalue weighted by molar-refractivity contribution is -0.138. The van der Waals surface area contributed by atoms with Gasteiger partial charge in [0.05, 0.1) is 18.8 Å². The molecule has 0 amide bonds. The lowest BCUT2D eigenvalue weighted by atomic mass is 10.0. The molecule has 0 bridgehead atoms. The van der Waals surface area contributed by atoms with Gasteiger partial charge < -0.3 is 26.8 Å². The van der Waals surface area contributed by atoms with Crippen LogP contribution in [0, 0.1) is 0 Å². The molecular weight excluding hydrogens is 344 g/mol. The highest BCUT2D eigenvalue weighted by atomic mass is 16.4. The van der Waals surface area contributed by atoms with Gasteiger partial charge in [-0.3, -0.25) is 4.79 Å². The standard InChI is InChI=1S/C18H37NO2.C3H7NO2/c1-2-3-4-5-6-7-8-9-10-11-12-13-14-15-18(21)17(19)16-20;1-2(4)3(5)6/h14-15,17-18,20-21H,2-13,16,19H2,1H3;2H,4H2,1H3,(H,5,6)/b15-14+;. The average molecular weight is 389 g/mol. The van der Waals surface area contributed by atoms with Crippen LogP contribution in [0.1, 0.15) is 90.9 Å². The fourth-order valence-corrected chi connectivity index (χ4v) is 2.41. The summed E-state index contributed by atoms with van der Waals surface area (Å²) in [4.78, 5) is 9.57. The van der Waals surface area contributed by atoms with Crippen LogP contribution >= 0.6 is 0 Å². The van der Waals surface area contributed by atoms with Crippen LogP contribution in [0.5, 0.6) is 0 Å². The summed E-state index contributed by atoms with van der Waals surface area (Å²) in [5, 5.41) is 26.2. The van der Waals surface area contributed by atoms with Crippen LogP contribution < -0.4 is 11.5 Å².